The zero-order valence-electron chi connectivity index (χ0n) is 14.9. The number of hydrogen-bond acceptors (Lipinski definition) is 6. The molecule has 27 heavy (non-hydrogen) atoms. The van der Waals surface area contributed by atoms with Crippen LogP contribution in [-0.4, -0.2) is 56.1 Å². The first kappa shape index (κ1) is 17.4. The second kappa shape index (κ2) is 6.95. The molecule has 1 fully saturated rings. The number of anilines is 1. The van der Waals surface area contributed by atoms with Gasteiger partial charge in [-0.05, 0) is 6.92 Å². The van der Waals surface area contributed by atoms with Crippen LogP contribution in [0.1, 0.15) is 17.3 Å². The van der Waals surface area contributed by atoms with E-state index in [0.717, 1.165) is 12.1 Å². The molecule has 0 bridgehead atoms. The molecule has 2 atom stereocenters. The van der Waals surface area contributed by atoms with Crippen molar-refractivity contribution >= 4 is 17.2 Å². The lowest BCUT2D eigenvalue weighted by atomic mass is 10.0. The standard InChI is InChI=1S/C17H21FN8O/c1-2-25-8-11(5-21-25)14-9-26-17(24-14)15(12(6-22-26)16(19)27)23-13-7-20-4-10(13)3-18/h5-6,8-10,13,20,23H,2-4,7H2,1H3,(H2,19,27). The van der Waals surface area contributed by atoms with E-state index in [1.54, 1.807) is 21.6 Å². The highest BCUT2D eigenvalue weighted by atomic mass is 19.1. The fraction of sp³-hybridized carbons (Fsp3) is 0.412. The smallest absolute Gasteiger partial charge is 0.252 e. The average Bonchev–Trinajstić information content (AvgIpc) is 3.39. The maximum atomic E-state index is 13.3. The van der Waals surface area contributed by atoms with Crippen LogP contribution in [0.5, 0.6) is 0 Å². The third-order valence-corrected chi connectivity index (χ3v) is 4.88. The first-order valence-corrected chi connectivity index (χ1v) is 8.85. The minimum atomic E-state index is -0.612. The number of nitrogens with two attached hydrogens (primary N) is 1. The van der Waals surface area contributed by atoms with Gasteiger partial charge in [-0.1, -0.05) is 0 Å². The summed E-state index contributed by atoms with van der Waals surface area (Å²) in [6.07, 6.45) is 6.80. The largest absolute Gasteiger partial charge is 0.377 e. The molecular weight excluding hydrogens is 351 g/mol. The Morgan fingerprint density at radius 2 is 2.22 bits per heavy atom. The molecule has 1 saturated heterocycles. The summed E-state index contributed by atoms with van der Waals surface area (Å²) in [7, 11) is 0. The molecule has 4 rings (SSSR count). The van der Waals surface area contributed by atoms with E-state index in [0.29, 0.717) is 30.1 Å². The third kappa shape index (κ3) is 3.12. The second-order valence-corrected chi connectivity index (χ2v) is 6.60. The maximum Gasteiger partial charge on any atom is 0.252 e. The van der Waals surface area contributed by atoms with Gasteiger partial charge in [0.2, 0.25) is 0 Å². The summed E-state index contributed by atoms with van der Waals surface area (Å²) in [5.41, 5.74) is 8.22. The minimum absolute atomic E-state index is 0.165. The van der Waals surface area contributed by atoms with Gasteiger partial charge in [0.15, 0.2) is 5.65 Å². The first-order chi connectivity index (χ1) is 13.1. The average molecular weight is 372 g/mol. The van der Waals surface area contributed by atoms with Gasteiger partial charge in [0.05, 0.1) is 42.2 Å². The quantitative estimate of drug-likeness (QED) is 0.586. The van der Waals surface area contributed by atoms with Crippen LogP contribution >= 0.6 is 0 Å². The number of nitrogens with one attached hydrogen (secondary N) is 2. The minimum Gasteiger partial charge on any atom is -0.377 e. The molecule has 2 unspecified atom stereocenters. The lowest BCUT2D eigenvalue weighted by Gasteiger charge is -2.20. The molecule has 10 heteroatoms. The number of primary amides is 1. The van der Waals surface area contributed by atoms with Crippen molar-refractivity contribution in [3.63, 3.8) is 0 Å². The summed E-state index contributed by atoms with van der Waals surface area (Å²) in [5.74, 6) is -0.797. The number of aryl methyl sites for hydroxylation is 1. The van der Waals surface area contributed by atoms with Crippen molar-refractivity contribution in [2.45, 2.75) is 19.5 Å². The molecule has 1 aliphatic heterocycles. The van der Waals surface area contributed by atoms with Gasteiger partial charge in [0.1, 0.15) is 0 Å². The predicted molar refractivity (Wildman–Crippen MR) is 98.1 cm³/mol. The number of carbonyl (C=O) groups excluding carboxylic acids is 1. The zero-order chi connectivity index (χ0) is 19.0. The van der Waals surface area contributed by atoms with Crippen LogP contribution in [0.25, 0.3) is 16.9 Å². The highest BCUT2D eigenvalue weighted by Crippen LogP contribution is 2.27. The van der Waals surface area contributed by atoms with E-state index in [9.17, 15) is 9.18 Å². The number of halogens is 1. The van der Waals surface area contributed by atoms with Crippen LogP contribution in [0.2, 0.25) is 0 Å². The van der Waals surface area contributed by atoms with E-state index < -0.39 is 12.6 Å². The normalized spacial score (nSPS) is 19.6. The van der Waals surface area contributed by atoms with Gasteiger partial charge in [-0.25, -0.2) is 9.50 Å². The summed E-state index contributed by atoms with van der Waals surface area (Å²) >= 11 is 0. The molecule has 1 amide bonds. The Morgan fingerprint density at radius 1 is 1.37 bits per heavy atom. The van der Waals surface area contributed by atoms with E-state index >= 15 is 0 Å². The van der Waals surface area contributed by atoms with Crippen molar-refractivity contribution < 1.29 is 9.18 Å². The Hall–Kier alpha value is -3.01. The summed E-state index contributed by atoms with van der Waals surface area (Å²) < 4.78 is 16.7. The molecule has 0 aromatic carbocycles. The summed E-state index contributed by atoms with van der Waals surface area (Å²) in [6.45, 7) is 3.48. The number of rotatable bonds is 6. The molecule has 0 aliphatic carbocycles. The van der Waals surface area contributed by atoms with Crippen LogP contribution in [0.3, 0.4) is 0 Å². The zero-order valence-corrected chi connectivity index (χ0v) is 14.9. The topological polar surface area (TPSA) is 115 Å². The van der Waals surface area contributed by atoms with Gasteiger partial charge in [0.25, 0.3) is 5.91 Å². The van der Waals surface area contributed by atoms with Gasteiger partial charge in [-0.3, -0.25) is 13.9 Å². The van der Waals surface area contributed by atoms with Gasteiger partial charge in [0, 0.05) is 43.4 Å². The number of hydrogen-bond donors (Lipinski definition) is 3. The maximum absolute atomic E-state index is 13.3. The highest BCUT2D eigenvalue weighted by Gasteiger charge is 2.29. The van der Waals surface area contributed by atoms with Crippen molar-refractivity contribution in [1.82, 2.24) is 29.7 Å². The molecule has 4 N–H and O–H groups in total. The number of nitrogens with zero attached hydrogens (tertiary/aromatic N) is 5. The molecule has 0 radical (unpaired) electrons. The van der Waals surface area contributed by atoms with Crippen molar-refractivity contribution in [3.05, 3.63) is 30.4 Å². The van der Waals surface area contributed by atoms with Crippen LogP contribution in [-0.2, 0) is 6.54 Å². The van der Waals surface area contributed by atoms with Crippen molar-refractivity contribution in [2.24, 2.45) is 11.7 Å². The molecule has 3 aromatic heterocycles. The van der Waals surface area contributed by atoms with Crippen molar-refractivity contribution in [1.29, 1.82) is 0 Å². The summed E-state index contributed by atoms with van der Waals surface area (Å²) in [5, 5.41) is 14.9. The number of aromatic nitrogens is 5. The van der Waals surface area contributed by atoms with Crippen LogP contribution < -0.4 is 16.4 Å². The molecule has 1 aliphatic rings. The third-order valence-electron chi connectivity index (χ3n) is 4.88. The Labute approximate surface area is 154 Å². The van der Waals surface area contributed by atoms with Crippen molar-refractivity contribution in [3.8, 4) is 11.3 Å². The van der Waals surface area contributed by atoms with E-state index in [1.165, 1.54) is 6.20 Å². The fourth-order valence-corrected chi connectivity index (χ4v) is 3.32. The first-order valence-electron chi connectivity index (χ1n) is 8.85. The van der Waals surface area contributed by atoms with Gasteiger partial charge < -0.3 is 16.4 Å². The molecule has 9 nitrogen and oxygen atoms in total. The van der Waals surface area contributed by atoms with Gasteiger partial charge in [-0.15, -0.1) is 0 Å². The second-order valence-electron chi connectivity index (χ2n) is 6.60. The van der Waals surface area contributed by atoms with Crippen LogP contribution in [0.4, 0.5) is 10.1 Å². The van der Waals surface area contributed by atoms with E-state index in [1.807, 2.05) is 13.1 Å². The molecule has 0 spiro atoms. The number of alkyl halides is 1. The molecule has 142 valence electrons. The number of imidazole rings is 1. The summed E-state index contributed by atoms with van der Waals surface area (Å²) in [6, 6.07) is -0.165. The number of fused-ring (bicyclic) bond motifs is 1. The van der Waals surface area contributed by atoms with Gasteiger partial charge >= 0.3 is 0 Å². The fourth-order valence-electron chi connectivity index (χ4n) is 3.32. The molecule has 3 aromatic rings. The predicted octanol–water partition coefficient (Wildman–Crippen LogP) is 0.681. The van der Waals surface area contributed by atoms with Crippen molar-refractivity contribution in [2.75, 3.05) is 25.1 Å². The Kier molecular flexibility index (Phi) is 4.48. The number of amides is 1. The van der Waals surface area contributed by atoms with Gasteiger partial charge in [-0.2, -0.15) is 10.2 Å². The number of carbonyl (C=O) groups is 1. The van der Waals surface area contributed by atoms with E-state index in [2.05, 4.69) is 25.8 Å². The van der Waals surface area contributed by atoms with Crippen LogP contribution in [0.15, 0.2) is 24.8 Å². The molecule has 0 saturated carbocycles. The van der Waals surface area contributed by atoms with Crippen LogP contribution in [0, 0.1) is 5.92 Å². The Morgan fingerprint density at radius 3 is 2.93 bits per heavy atom. The highest BCUT2D eigenvalue weighted by molar-refractivity contribution is 6.01. The molecule has 4 heterocycles. The lowest BCUT2D eigenvalue weighted by molar-refractivity contribution is 0.100. The Bertz CT molecular complexity index is 981. The summed E-state index contributed by atoms with van der Waals surface area (Å²) in [4.78, 5) is 16.5. The van der Waals surface area contributed by atoms with E-state index in [4.69, 9.17) is 5.73 Å². The molecular formula is C17H21FN8O. The Balaban J connectivity index is 1.79. The van der Waals surface area contributed by atoms with E-state index in [-0.39, 0.29) is 17.5 Å². The SMILES string of the molecule is CCn1cc(-c2cn3ncc(C(N)=O)c(NC4CNCC4CF)c3n2)cn1. The lowest BCUT2D eigenvalue weighted by Crippen LogP contribution is -2.31. The monoisotopic (exact) mass is 372 g/mol.